The number of rotatable bonds is 3. The van der Waals surface area contributed by atoms with E-state index in [9.17, 15) is 10.2 Å². The van der Waals surface area contributed by atoms with Crippen molar-refractivity contribution in [2.75, 3.05) is 13.1 Å². The summed E-state index contributed by atoms with van der Waals surface area (Å²) >= 11 is 0. The Morgan fingerprint density at radius 1 is 1.38 bits per heavy atom. The Labute approximate surface area is 125 Å². The molecule has 3 rings (SSSR count). The summed E-state index contributed by atoms with van der Waals surface area (Å²) in [5.41, 5.74) is -0.649. The number of likely N-dealkylation sites (tertiary alicyclic amines) is 1. The molecule has 2 N–H and O–H groups in total. The predicted molar refractivity (Wildman–Crippen MR) is 76.6 cm³/mol. The van der Waals surface area contributed by atoms with Crippen molar-refractivity contribution in [3.8, 4) is 0 Å². The maximum atomic E-state index is 10.8. The molecule has 1 aliphatic carbocycles. The lowest BCUT2D eigenvalue weighted by Gasteiger charge is -2.38. The van der Waals surface area contributed by atoms with Gasteiger partial charge in [-0.05, 0) is 44.9 Å². The topological polar surface area (TPSA) is 82.6 Å². The number of nitrogens with zero attached hydrogens (tertiary/aromatic N) is 3. The van der Waals surface area contributed by atoms with Crippen molar-refractivity contribution < 1.29 is 14.7 Å². The van der Waals surface area contributed by atoms with Gasteiger partial charge in [-0.3, -0.25) is 4.90 Å². The standard InChI is InChI=1S/C15H25N3O3/c1-10-3-5-15(20,6-4-10)9-18-8-12(19)7-13(18)14-16-11(2)17-21-14/h10,12-13,19-20H,3-9H2,1-2H3/t10?,12-,13-,15?/m1/s1. The van der Waals surface area contributed by atoms with Crippen molar-refractivity contribution in [3.05, 3.63) is 11.7 Å². The number of hydrogen-bond acceptors (Lipinski definition) is 6. The van der Waals surface area contributed by atoms with Crippen LogP contribution >= 0.6 is 0 Å². The molecule has 6 heteroatoms. The minimum atomic E-state index is -0.649. The van der Waals surface area contributed by atoms with E-state index in [-0.39, 0.29) is 6.04 Å². The molecule has 0 radical (unpaired) electrons. The van der Waals surface area contributed by atoms with Crippen LogP contribution in [-0.2, 0) is 0 Å². The van der Waals surface area contributed by atoms with Crippen molar-refractivity contribution in [1.82, 2.24) is 15.0 Å². The predicted octanol–water partition coefficient (Wildman–Crippen LogP) is 1.43. The maximum Gasteiger partial charge on any atom is 0.244 e. The molecule has 21 heavy (non-hydrogen) atoms. The number of aromatic nitrogens is 2. The molecule has 0 unspecified atom stereocenters. The van der Waals surface area contributed by atoms with Gasteiger partial charge in [0, 0.05) is 13.1 Å². The van der Waals surface area contributed by atoms with Crippen LogP contribution in [0.1, 0.15) is 56.8 Å². The molecule has 1 saturated carbocycles. The SMILES string of the molecule is Cc1noc([C@H]2C[C@@H](O)CN2CC2(O)CCC(C)CC2)n1. The van der Waals surface area contributed by atoms with E-state index in [1.165, 1.54) is 0 Å². The van der Waals surface area contributed by atoms with Crippen LogP contribution < -0.4 is 0 Å². The highest BCUT2D eigenvalue weighted by molar-refractivity contribution is 5.01. The molecule has 2 aliphatic rings. The van der Waals surface area contributed by atoms with Gasteiger partial charge in [-0.15, -0.1) is 0 Å². The Morgan fingerprint density at radius 3 is 2.71 bits per heavy atom. The molecule has 1 aromatic heterocycles. The van der Waals surface area contributed by atoms with Gasteiger partial charge in [0.2, 0.25) is 5.89 Å². The van der Waals surface area contributed by atoms with Crippen molar-refractivity contribution in [2.24, 2.45) is 5.92 Å². The number of β-amino-alcohol motifs (C(OH)–C–C–N with tert-alkyl or cyclic N) is 2. The Kier molecular flexibility index (Phi) is 4.03. The number of hydrogen-bond donors (Lipinski definition) is 2. The minimum Gasteiger partial charge on any atom is -0.392 e. The Bertz CT molecular complexity index is 482. The van der Waals surface area contributed by atoms with Crippen LogP contribution in [0.4, 0.5) is 0 Å². The van der Waals surface area contributed by atoms with Gasteiger partial charge in [-0.1, -0.05) is 12.1 Å². The van der Waals surface area contributed by atoms with E-state index in [0.717, 1.165) is 25.7 Å². The van der Waals surface area contributed by atoms with Crippen LogP contribution in [-0.4, -0.2) is 50.0 Å². The van der Waals surface area contributed by atoms with Gasteiger partial charge in [-0.2, -0.15) is 4.98 Å². The van der Waals surface area contributed by atoms with Gasteiger partial charge in [0.25, 0.3) is 0 Å². The molecule has 1 aromatic rings. The molecule has 2 fully saturated rings. The lowest BCUT2D eigenvalue weighted by Crippen LogP contribution is -2.45. The fourth-order valence-corrected chi connectivity index (χ4v) is 3.60. The van der Waals surface area contributed by atoms with Crippen LogP contribution in [0.15, 0.2) is 4.52 Å². The highest BCUT2D eigenvalue weighted by Gasteiger charge is 2.41. The van der Waals surface area contributed by atoms with Crippen LogP contribution in [0.3, 0.4) is 0 Å². The zero-order chi connectivity index (χ0) is 15.0. The molecule has 118 valence electrons. The average Bonchev–Trinajstić information content (AvgIpc) is 3.00. The van der Waals surface area contributed by atoms with E-state index in [1.807, 2.05) is 0 Å². The minimum absolute atomic E-state index is 0.0791. The zero-order valence-electron chi connectivity index (χ0n) is 12.8. The van der Waals surface area contributed by atoms with Gasteiger partial charge < -0.3 is 14.7 Å². The normalized spacial score (nSPS) is 38.0. The summed E-state index contributed by atoms with van der Waals surface area (Å²) in [4.78, 5) is 6.40. The number of aryl methyl sites for hydroxylation is 1. The number of aliphatic hydroxyl groups is 2. The second-order valence-corrected chi connectivity index (χ2v) is 6.92. The van der Waals surface area contributed by atoms with Crippen molar-refractivity contribution in [2.45, 2.75) is 63.7 Å². The second-order valence-electron chi connectivity index (χ2n) is 6.92. The first-order valence-electron chi connectivity index (χ1n) is 7.90. The third kappa shape index (κ3) is 3.27. The molecular weight excluding hydrogens is 270 g/mol. The molecule has 1 saturated heterocycles. The van der Waals surface area contributed by atoms with Gasteiger partial charge >= 0.3 is 0 Å². The lowest BCUT2D eigenvalue weighted by atomic mass is 9.79. The van der Waals surface area contributed by atoms with Crippen molar-refractivity contribution in [3.63, 3.8) is 0 Å². The largest absolute Gasteiger partial charge is 0.392 e. The van der Waals surface area contributed by atoms with E-state index in [2.05, 4.69) is 22.0 Å². The third-order valence-electron chi connectivity index (χ3n) is 4.91. The van der Waals surface area contributed by atoms with Crippen LogP contribution in [0.2, 0.25) is 0 Å². The highest BCUT2D eigenvalue weighted by atomic mass is 16.5. The van der Waals surface area contributed by atoms with Gasteiger partial charge in [0.05, 0.1) is 17.7 Å². The van der Waals surface area contributed by atoms with Crippen molar-refractivity contribution >= 4 is 0 Å². The average molecular weight is 295 g/mol. The van der Waals surface area contributed by atoms with Gasteiger partial charge in [0.1, 0.15) is 0 Å². The molecule has 0 spiro atoms. The summed E-state index contributed by atoms with van der Waals surface area (Å²) in [7, 11) is 0. The molecule has 1 aliphatic heterocycles. The Morgan fingerprint density at radius 2 is 2.10 bits per heavy atom. The molecule has 0 aromatic carbocycles. The molecule has 2 atom stereocenters. The summed E-state index contributed by atoms with van der Waals surface area (Å²) in [6, 6.07) is -0.0791. The zero-order valence-corrected chi connectivity index (χ0v) is 12.8. The molecule has 2 heterocycles. The number of aliphatic hydroxyl groups excluding tert-OH is 1. The molecular formula is C15H25N3O3. The first kappa shape index (κ1) is 14.9. The third-order valence-corrected chi connectivity index (χ3v) is 4.91. The molecule has 0 amide bonds. The van der Waals surface area contributed by atoms with E-state index in [4.69, 9.17) is 4.52 Å². The maximum absolute atomic E-state index is 10.8. The van der Waals surface area contributed by atoms with E-state index >= 15 is 0 Å². The van der Waals surface area contributed by atoms with Crippen LogP contribution in [0, 0.1) is 12.8 Å². The Balaban J connectivity index is 1.71. The quantitative estimate of drug-likeness (QED) is 0.877. The first-order valence-corrected chi connectivity index (χ1v) is 7.90. The summed E-state index contributed by atoms with van der Waals surface area (Å²) in [5, 5.41) is 24.6. The van der Waals surface area contributed by atoms with Crippen LogP contribution in [0.25, 0.3) is 0 Å². The Hall–Kier alpha value is -0.980. The molecule has 6 nitrogen and oxygen atoms in total. The first-order chi connectivity index (χ1) is 9.95. The van der Waals surface area contributed by atoms with Gasteiger partial charge in [0.15, 0.2) is 5.82 Å². The summed E-state index contributed by atoms with van der Waals surface area (Å²) < 4.78 is 5.27. The summed E-state index contributed by atoms with van der Waals surface area (Å²) in [6.07, 6.45) is 3.99. The van der Waals surface area contributed by atoms with Crippen molar-refractivity contribution in [1.29, 1.82) is 0 Å². The van der Waals surface area contributed by atoms with E-state index < -0.39 is 11.7 Å². The fraction of sp³-hybridized carbons (Fsp3) is 0.867. The van der Waals surface area contributed by atoms with E-state index in [1.54, 1.807) is 6.92 Å². The van der Waals surface area contributed by atoms with Gasteiger partial charge in [-0.25, -0.2) is 0 Å². The fourth-order valence-electron chi connectivity index (χ4n) is 3.60. The second kappa shape index (κ2) is 5.66. The summed E-state index contributed by atoms with van der Waals surface area (Å²) in [5.74, 6) is 1.86. The monoisotopic (exact) mass is 295 g/mol. The smallest absolute Gasteiger partial charge is 0.244 e. The van der Waals surface area contributed by atoms with E-state index in [0.29, 0.717) is 37.1 Å². The van der Waals surface area contributed by atoms with Crippen LogP contribution in [0.5, 0.6) is 0 Å². The summed E-state index contributed by atoms with van der Waals surface area (Å²) in [6.45, 7) is 5.16. The molecule has 0 bridgehead atoms. The highest BCUT2D eigenvalue weighted by Crippen LogP contribution is 2.37. The lowest BCUT2D eigenvalue weighted by molar-refractivity contribution is -0.0410.